The number of nitrogens with zero attached hydrogens (tertiary/aromatic N) is 2. The molecule has 0 atom stereocenters. The standard InChI is InChI=1S/C40H32N2S/c1-40(2,3)32-24-35(30-22-20-28(21-23-30)27-12-5-4-6-13-27)38-37(25-32)43-39(42-38)34-18-9-10-19-36(34)41-26-31-16-11-15-29-14-7-8-17-33(29)31/h4-26H,1-3H3. The normalized spacial score (nSPS) is 12.0. The van der Waals surface area contributed by atoms with Gasteiger partial charge in [0.15, 0.2) is 0 Å². The van der Waals surface area contributed by atoms with E-state index in [0.717, 1.165) is 27.3 Å². The van der Waals surface area contributed by atoms with E-state index in [0.29, 0.717) is 0 Å². The summed E-state index contributed by atoms with van der Waals surface area (Å²) < 4.78 is 1.19. The largest absolute Gasteiger partial charge is 0.256 e. The second-order valence-corrected chi connectivity index (χ2v) is 13.0. The Balaban J connectivity index is 1.32. The lowest BCUT2D eigenvalue weighted by atomic mass is 9.85. The van der Waals surface area contributed by atoms with Gasteiger partial charge in [0.25, 0.3) is 0 Å². The van der Waals surface area contributed by atoms with Gasteiger partial charge in [-0.1, -0.05) is 130 Å². The average molecular weight is 573 g/mol. The van der Waals surface area contributed by atoms with Crippen molar-refractivity contribution in [1.29, 1.82) is 0 Å². The zero-order chi connectivity index (χ0) is 29.4. The first-order chi connectivity index (χ1) is 20.9. The van der Waals surface area contributed by atoms with E-state index in [2.05, 4.69) is 148 Å². The zero-order valence-corrected chi connectivity index (χ0v) is 25.4. The van der Waals surface area contributed by atoms with Crippen LogP contribution in [0.4, 0.5) is 5.69 Å². The van der Waals surface area contributed by atoms with Gasteiger partial charge >= 0.3 is 0 Å². The molecule has 1 aromatic heterocycles. The van der Waals surface area contributed by atoms with Gasteiger partial charge in [-0.25, -0.2) is 4.98 Å². The minimum atomic E-state index is 0.0116. The van der Waals surface area contributed by atoms with Crippen LogP contribution in [0.5, 0.6) is 0 Å². The molecule has 0 aliphatic rings. The van der Waals surface area contributed by atoms with Crippen molar-refractivity contribution < 1.29 is 0 Å². The lowest BCUT2D eigenvalue weighted by molar-refractivity contribution is 0.591. The highest BCUT2D eigenvalue weighted by Gasteiger charge is 2.20. The highest BCUT2D eigenvalue weighted by molar-refractivity contribution is 7.21. The number of fused-ring (bicyclic) bond motifs is 2. The van der Waals surface area contributed by atoms with Crippen LogP contribution in [0.3, 0.4) is 0 Å². The predicted molar refractivity (Wildman–Crippen MR) is 186 cm³/mol. The Morgan fingerprint density at radius 3 is 2.12 bits per heavy atom. The average Bonchev–Trinajstić information content (AvgIpc) is 3.48. The van der Waals surface area contributed by atoms with Gasteiger partial charge in [0, 0.05) is 22.9 Å². The molecule has 0 aliphatic heterocycles. The molecule has 7 rings (SSSR count). The number of rotatable bonds is 5. The molecule has 0 radical (unpaired) electrons. The molecule has 2 nitrogen and oxygen atoms in total. The Labute approximate surface area is 257 Å². The molecular weight excluding hydrogens is 541 g/mol. The molecule has 0 saturated heterocycles. The summed E-state index contributed by atoms with van der Waals surface area (Å²) in [5.41, 5.74) is 10.2. The van der Waals surface area contributed by atoms with E-state index in [-0.39, 0.29) is 5.41 Å². The monoisotopic (exact) mass is 572 g/mol. The maximum absolute atomic E-state index is 5.27. The smallest absolute Gasteiger partial charge is 0.126 e. The van der Waals surface area contributed by atoms with Crippen LogP contribution in [0.1, 0.15) is 31.9 Å². The van der Waals surface area contributed by atoms with Crippen LogP contribution in [0.2, 0.25) is 0 Å². The van der Waals surface area contributed by atoms with Crippen LogP contribution < -0.4 is 0 Å². The number of aromatic nitrogens is 1. The quantitative estimate of drug-likeness (QED) is 0.188. The van der Waals surface area contributed by atoms with Crippen LogP contribution >= 0.6 is 11.3 Å². The number of aliphatic imine (C=N–C) groups is 1. The fraction of sp³-hybridized carbons (Fsp3) is 0.100. The summed E-state index contributed by atoms with van der Waals surface area (Å²) >= 11 is 1.74. The van der Waals surface area contributed by atoms with Gasteiger partial charge in [-0.15, -0.1) is 11.3 Å². The molecule has 3 heteroatoms. The molecular formula is C40H32N2S. The molecule has 0 bridgehead atoms. The van der Waals surface area contributed by atoms with E-state index in [4.69, 9.17) is 9.98 Å². The Kier molecular flexibility index (Phi) is 6.96. The van der Waals surface area contributed by atoms with Gasteiger partial charge in [-0.3, -0.25) is 4.99 Å². The van der Waals surface area contributed by atoms with E-state index < -0.39 is 0 Å². The third-order valence-corrected chi connectivity index (χ3v) is 9.00. The third-order valence-electron chi connectivity index (χ3n) is 7.96. The Hall–Kier alpha value is -4.86. The van der Waals surface area contributed by atoms with Gasteiger partial charge < -0.3 is 0 Å². The van der Waals surface area contributed by atoms with Crippen molar-refractivity contribution in [1.82, 2.24) is 4.98 Å². The Morgan fingerprint density at radius 2 is 1.30 bits per heavy atom. The first-order valence-electron chi connectivity index (χ1n) is 14.7. The van der Waals surface area contributed by atoms with Crippen molar-refractivity contribution in [3.05, 3.63) is 145 Å². The molecule has 0 saturated carbocycles. The molecule has 208 valence electrons. The summed E-state index contributed by atoms with van der Waals surface area (Å²) in [5, 5.41) is 3.39. The summed E-state index contributed by atoms with van der Waals surface area (Å²) in [5.74, 6) is 0. The number of hydrogen-bond donors (Lipinski definition) is 0. The summed E-state index contributed by atoms with van der Waals surface area (Å²) in [4.78, 5) is 10.3. The summed E-state index contributed by atoms with van der Waals surface area (Å²) in [6.07, 6.45) is 1.98. The summed E-state index contributed by atoms with van der Waals surface area (Å²) in [6, 6.07) is 47.2. The van der Waals surface area contributed by atoms with E-state index in [1.54, 1.807) is 11.3 Å². The zero-order valence-electron chi connectivity index (χ0n) is 24.6. The molecule has 7 aromatic rings. The highest BCUT2D eigenvalue weighted by atomic mass is 32.1. The van der Waals surface area contributed by atoms with Crippen LogP contribution in [-0.2, 0) is 5.41 Å². The van der Waals surface area contributed by atoms with E-state index in [1.165, 1.54) is 43.3 Å². The van der Waals surface area contributed by atoms with Gasteiger partial charge in [0.05, 0.1) is 15.9 Å². The second-order valence-electron chi connectivity index (χ2n) is 11.9. The van der Waals surface area contributed by atoms with Crippen molar-refractivity contribution in [2.24, 2.45) is 4.99 Å². The summed E-state index contributed by atoms with van der Waals surface area (Å²) in [7, 11) is 0. The van der Waals surface area contributed by atoms with Gasteiger partial charge in [0.1, 0.15) is 5.01 Å². The first kappa shape index (κ1) is 27.0. The van der Waals surface area contributed by atoms with Crippen LogP contribution in [0, 0.1) is 0 Å². The van der Waals surface area contributed by atoms with E-state index >= 15 is 0 Å². The number of thiazole rings is 1. The van der Waals surface area contributed by atoms with Gasteiger partial charge in [-0.2, -0.15) is 0 Å². The van der Waals surface area contributed by atoms with Gasteiger partial charge in [0.2, 0.25) is 0 Å². The van der Waals surface area contributed by atoms with Crippen LogP contribution in [0.25, 0.3) is 53.8 Å². The van der Waals surface area contributed by atoms with Gasteiger partial charge in [-0.05, 0) is 62.7 Å². The minimum Gasteiger partial charge on any atom is -0.256 e. The number of benzene rings is 6. The molecule has 0 spiro atoms. The minimum absolute atomic E-state index is 0.0116. The third kappa shape index (κ3) is 5.40. The first-order valence-corrected chi connectivity index (χ1v) is 15.5. The molecule has 43 heavy (non-hydrogen) atoms. The van der Waals surface area contributed by atoms with E-state index in [9.17, 15) is 0 Å². The molecule has 6 aromatic carbocycles. The van der Waals surface area contributed by atoms with Crippen molar-refractivity contribution >= 4 is 44.2 Å². The van der Waals surface area contributed by atoms with Crippen molar-refractivity contribution in [3.63, 3.8) is 0 Å². The molecule has 1 heterocycles. The maximum atomic E-state index is 5.27. The molecule has 0 N–H and O–H groups in total. The highest BCUT2D eigenvalue weighted by Crippen LogP contribution is 2.42. The SMILES string of the molecule is CC(C)(C)c1cc(-c2ccc(-c3ccccc3)cc2)c2nc(-c3ccccc3N=Cc3cccc4ccccc34)sc2c1. The maximum Gasteiger partial charge on any atom is 0.126 e. The molecule has 0 amide bonds. The molecule has 0 unspecified atom stereocenters. The molecule has 0 fully saturated rings. The van der Waals surface area contributed by atoms with Crippen LogP contribution in [0.15, 0.2) is 138 Å². The lowest BCUT2D eigenvalue weighted by Crippen LogP contribution is -2.11. The number of hydrogen-bond acceptors (Lipinski definition) is 3. The predicted octanol–water partition coefficient (Wildman–Crippen LogP) is 11.5. The van der Waals surface area contributed by atoms with Crippen molar-refractivity contribution in [2.75, 3.05) is 0 Å². The lowest BCUT2D eigenvalue weighted by Gasteiger charge is -2.20. The second kappa shape index (κ2) is 11.1. The van der Waals surface area contributed by atoms with E-state index in [1.807, 2.05) is 12.3 Å². The Morgan fingerprint density at radius 1 is 0.628 bits per heavy atom. The van der Waals surface area contributed by atoms with Crippen molar-refractivity contribution in [2.45, 2.75) is 26.2 Å². The topological polar surface area (TPSA) is 25.2 Å². The fourth-order valence-electron chi connectivity index (χ4n) is 5.54. The van der Waals surface area contributed by atoms with Crippen molar-refractivity contribution in [3.8, 4) is 32.8 Å². The van der Waals surface area contributed by atoms with Crippen LogP contribution in [-0.4, -0.2) is 11.2 Å². The number of para-hydroxylation sites is 1. The Bertz CT molecular complexity index is 2090. The fourth-order valence-corrected chi connectivity index (χ4v) is 6.61. The molecule has 0 aliphatic carbocycles. The summed E-state index contributed by atoms with van der Waals surface area (Å²) in [6.45, 7) is 6.82.